The maximum absolute atomic E-state index is 13.4. The molecule has 4 heterocycles. The second-order valence-electron chi connectivity index (χ2n) is 8.31. The van der Waals surface area contributed by atoms with Gasteiger partial charge in [0, 0.05) is 44.5 Å². The van der Waals surface area contributed by atoms with Crippen LogP contribution < -0.4 is 5.32 Å². The van der Waals surface area contributed by atoms with Crippen LogP contribution in [0.3, 0.4) is 0 Å². The van der Waals surface area contributed by atoms with Crippen molar-refractivity contribution in [1.82, 2.24) is 29.7 Å². The van der Waals surface area contributed by atoms with E-state index in [0.717, 1.165) is 31.0 Å². The summed E-state index contributed by atoms with van der Waals surface area (Å²) >= 11 is 0. The van der Waals surface area contributed by atoms with E-state index in [0.29, 0.717) is 25.1 Å². The third-order valence-electron chi connectivity index (χ3n) is 5.97. The van der Waals surface area contributed by atoms with Crippen LogP contribution in [0.5, 0.6) is 0 Å². The minimum atomic E-state index is -0.690. The number of pyridine rings is 1. The minimum absolute atomic E-state index is 0.144. The summed E-state index contributed by atoms with van der Waals surface area (Å²) in [7, 11) is 0. The second-order valence-corrected chi connectivity index (χ2v) is 8.31. The van der Waals surface area contributed by atoms with Gasteiger partial charge in [0.2, 0.25) is 5.91 Å². The quantitative estimate of drug-likeness (QED) is 0.785. The summed E-state index contributed by atoms with van der Waals surface area (Å²) < 4.78 is 2.02. The van der Waals surface area contributed by atoms with Crippen LogP contribution in [0.2, 0.25) is 0 Å². The van der Waals surface area contributed by atoms with E-state index in [1.165, 1.54) is 12.8 Å². The number of carbonyl (C=O) groups is 2. The molecule has 2 aromatic rings. The van der Waals surface area contributed by atoms with Crippen LogP contribution in [-0.2, 0) is 11.2 Å². The highest BCUT2D eigenvalue weighted by atomic mass is 16.2. The van der Waals surface area contributed by atoms with Crippen molar-refractivity contribution in [2.24, 2.45) is 0 Å². The predicted octanol–water partition coefficient (Wildman–Crippen LogP) is 1.81. The van der Waals surface area contributed by atoms with Gasteiger partial charge >= 0.3 is 0 Å². The standard InChI is InChI=1S/C22H30N6O2/c1-16(2)28-15-25-18-7-12-27(22(30)17-6-5-8-23-14-17)20(19(18)28)21(29)24-9-13-26-10-3-4-11-26/h5-6,8,14-16,20H,3-4,7,9-13H2,1-2H3,(H,24,29)/t20-/m1/s1. The molecule has 0 saturated carbocycles. The number of rotatable bonds is 6. The van der Waals surface area contributed by atoms with Gasteiger partial charge in [-0.15, -0.1) is 0 Å². The maximum Gasteiger partial charge on any atom is 0.256 e. The summed E-state index contributed by atoms with van der Waals surface area (Å²) in [6.07, 6.45) is 8.07. The summed E-state index contributed by atoms with van der Waals surface area (Å²) in [6, 6.07) is 2.94. The normalized spacial score (nSPS) is 19.2. The molecule has 1 N–H and O–H groups in total. The number of fused-ring (bicyclic) bond motifs is 1. The number of aromatic nitrogens is 3. The van der Waals surface area contributed by atoms with E-state index in [9.17, 15) is 9.59 Å². The largest absolute Gasteiger partial charge is 0.353 e. The molecule has 0 radical (unpaired) electrons. The van der Waals surface area contributed by atoms with Crippen molar-refractivity contribution >= 4 is 11.8 Å². The van der Waals surface area contributed by atoms with Crippen LogP contribution in [0.1, 0.15) is 60.5 Å². The van der Waals surface area contributed by atoms with E-state index in [2.05, 4.69) is 34.0 Å². The van der Waals surface area contributed by atoms with Crippen molar-refractivity contribution in [3.63, 3.8) is 0 Å². The first-order valence-electron chi connectivity index (χ1n) is 10.8. The highest BCUT2D eigenvalue weighted by molar-refractivity contribution is 5.98. The third-order valence-corrected chi connectivity index (χ3v) is 5.97. The molecule has 2 aliphatic rings. The SMILES string of the molecule is CC(C)n1cnc2c1[C@H](C(=O)NCCN1CCCC1)N(C(=O)c1cccnc1)CC2. The Kier molecular flexibility index (Phi) is 6.13. The number of hydrogen-bond acceptors (Lipinski definition) is 5. The van der Waals surface area contributed by atoms with Crippen LogP contribution in [0.4, 0.5) is 0 Å². The van der Waals surface area contributed by atoms with Gasteiger partial charge in [-0.1, -0.05) is 0 Å². The Labute approximate surface area is 177 Å². The van der Waals surface area contributed by atoms with Crippen LogP contribution in [0.15, 0.2) is 30.9 Å². The number of nitrogens with one attached hydrogen (secondary N) is 1. The van der Waals surface area contributed by atoms with Gasteiger partial charge < -0.3 is 19.7 Å². The smallest absolute Gasteiger partial charge is 0.256 e. The number of hydrogen-bond donors (Lipinski definition) is 1. The summed E-state index contributed by atoms with van der Waals surface area (Å²) in [5.74, 6) is -0.320. The van der Waals surface area contributed by atoms with E-state index in [-0.39, 0.29) is 17.9 Å². The van der Waals surface area contributed by atoms with Crippen LogP contribution in [0, 0.1) is 0 Å². The lowest BCUT2D eigenvalue weighted by atomic mass is 9.99. The molecule has 8 heteroatoms. The first-order chi connectivity index (χ1) is 14.6. The van der Waals surface area contributed by atoms with Crippen molar-refractivity contribution in [2.45, 2.75) is 45.2 Å². The molecule has 0 unspecified atom stereocenters. The number of nitrogens with zero attached hydrogens (tertiary/aromatic N) is 5. The Morgan fingerprint density at radius 3 is 2.73 bits per heavy atom. The Morgan fingerprint density at radius 1 is 1.23 bits per heavy atom. The zero-order valence-corrected chi connectivity index (χ0v) is 17.8. The Balaban J connectivity index is 1.59. The molecular formula is C22H30N6O2. The lowest BCUT2D eigenvalue weighted by Gasteiger charge is -2.36. The van der Waals surface area contributed by atoms with Crippen LogP contribution in [-0.4, -0.2) is 68.9 Å². The van der Waals surface area contributed by atoms with Gasteiger partial charge in [-0.05, 0) is 51.9 Å². The Hall–Kier alpha value is -2.74. The van der Waals surface area contributed by atoms with E-state index in [4.69, 9.17) is 0 Å². The molecule has 4 rings (SSSR count). The van der Waals surface area contributed by atoms with Gasteiger partial charge in [0.05, 0.1) is 23.3 Å². The monoisotopic (exact) mass is 410 g/mol. The molecule has 2 amide bonds. The molecule has 0 bridgehead atoms. The zero-order chi connectivity index (χ0) is 21.1. The fourth-order valence-corrected chi connectivity index (χ4v) is 4.40. The maximum atomic E-state index is 13.4. The molecule has 8 nitrogen and oxygen atoms in total. The van der Waals surface area contributed by atoms with E-state index < -0.39 is 6.04 Å². The lowest BCUT2D eigenvalue weighted by Crippen LogP contribution is -2.49. The second kappa shape index (κ2) is 8.95. The number of likely N-dealkylation sites (tertiary alicyclic amines) is 1. The lowest BCUT2D eigenvalue weighted by molar-refractivity contribution is -0.126. The average Bonchev–Trinajstić information content (AvgIpc) is 3.42. The van der Waals surface area contributed by atoms with Crippen molar-refractivity contribution in [3.8, 4) is 0 Å². The molecule has 2 aliphatic heterocycles. The fraction of sp³-hybridized carbons (Fsp3) is 0.545. The summed E-state index contributed by atoms with van der Waals surface area (Å²) in [5, 5.41) is 3.08. The fourth-order valence-electron chi connectivity index (χ4n) is 4.40. The molecule has 2 aromatic heterocycles. The van der Waals surface area contributed by atoms with Gasteiger partial charge in [0.25, 0.3) is 5.91 Å². The van der Waals surface area contributed by atoms with Crippen LogP contribution >= 0.6 is 0 Å². The van der Waals surface area contributed by atoms with Gasteiger partial charge in [0.15, 0.2) is 6.04 Å². The topological polar surface area (TPSA) is 83.4 Å². The van der Waals surface area contributed by atoms with Crippen molar-refractivity contribution in [1.29, 1.82) is 0 Å². The molecular weight excluding hydrogens is 380 g/mol. The first-order valence-corrected chi connectivity index (χ1v) is 10.8. The van der Waals surface area contributed by atoms with Crippen molar-refractivity contribution < 1.29 is 9.59 Å². The summed E-state index contributed by atoms with van der Waals surface area (Å²) in [4.78, 5) is 39.3. The minimum Gasteiger partial charge on any atom is -0.353 e. The van der Waals surface area contributed by atoms with E-state index in [1.807, 2.05) is 4.57 Å². The van der Waals surface area contributed by atoms with Gasteiger partial charge in [-0.25, -0.2) is 4.98 Å². The first kappa shape index (κ1) is 20.5. The van der Waals surface area contributed by atoms with Crippen molar-refractivity contribution in [2.75, 3.05) is 32.7 Å². The van der Waals surface area contributed by atoms with E-state index >= 15 is 0 Å². The Morgan fingerprint density at radius 2 is 2.03 bits per heavy atom. The molecule has 30 heavy (non-hydrogen) atoms. The van der Waals surface area contributed by atoms with Crippen LogP contribution in [0.25, 0.3) is 0 Å². The number of carbonyl (C=O) groups excluding carboxylic acids is 2. The summed E-state index contributed by atoms with van der Waals surface area (Å²) in [6.45, 7) is 8.18. The predicted molar refractivity (Wildman–Crippen MR) is 113 cm³/mol. The number of imidazole rings is 1. The summed E-state index contributed by atoms with van der Waals surface area (Å²) in [5.41, 5.74) is 2.22. The Bertz CT molecular complexity index is 888. The highest BCUT2D eigenvalue weighted by Gasteiger charge is 2.39. The highest BCUT2D eigenvalue weighted by Crippen LogP contribution is 2.32. The molecule has 160 valence electrons. The molecule has 1 atom stereocenters. The molecule has 1 fully saturated rings. The van der Waals surface area contributed by atoms with Gasteiger partial charge in [-0.3, -0.25) is 14.6 Å². The zero-order valence-electron chi connectivity index (χ0n) is 17.8. The molecule has 0 aromatic carbocycles. The molecule has 0 spiro atoms. The molecule has 0 aliphatic carbocycles. The van der Waals surface area contributed by atoms with Gasteiger partial charge in [0.1, 0.15) is 0 Å². The van der Waals surface area contributed by atoms with Gasteiger partial charge in [-0.2, -0.15) is 0 Å². The average molecular weight is 411 g/mol. The third kappa shape index (κ3) is 4.09. The number of amides is 2. The van der Waals surface area contributed by atoms with E-state index in [1.54, 1.807) is 35.8 Å². The van der Waals surface area contributed by atoms with Crippen molar-refractivity contribution in [3.05, 3.63) is 47.8 Å². The molecule has 1 saturated heterocycles.